The van der Waals surface area contributed by atoms with Crippen molar-refractivity contribution in [3.05, 3.63) is 58.6 Å². The summed E-state index contributed by atoms with van der Waals surface area (Å²) in [5.41, 5.74) is 1.92. The lowest BCUT2D eigenvalue weighted by Crippen LogP contribution is -2.36. The molecule has 10 nitrogen and oxygen atoms in total. The van der Waals surface area contributed by atoms with Gasteiger partial charge < -0.3 is 9.84 Å². The molecule has 1 aromatic carbocycles. The summed E-state index contributed by atoms with van der Waals surface area (Å²) < 4.78 is 6.80. The Morgan fingerprint density at radius 3 is 2.73 bits per heavy atom. The van der Waals surface area contributed by atoms with E-state index < -0.39 is 5.91 Å². The van der Waals surface area contributed by atoms with Gasteiger partial charge in [0.15, 0.2) is 11.5 Å². The van der Waals surface area contributed by atoms with Gasteiger partial charge >= 0.3 is 0 Å². The first-order chi connectivity index (χ1) is 15.8. The Hall–Kier alpha value is -3.97. The van der Waals surface area contributed by atoms with Gasteiger partial charge in [-0.05, 0) is 25.1 Å². The first kappa shape index (κ1) is 22.2. The van der Waals surface area contributed by atoms with Gasteiger partial charge in [0.25, 0.3) is 5.91 Å². The van der Waals surface area contributed by atoms with Crippen LogP contribution in [0.1, 0.15) is 41.6 Å². The zero-order valence-electron chi connectivity index (χ0n) is 17.6. The third kappa shape index (κ3) is 4.94. The quantitative estimate of drug-likeness (QED) is 0.528. The van der Waals surface area contributed by atoms with Crippen molar-refractivity contribution < 1.29 is 18.9 Å². The number of hydrogen-bond donors (Lipinski definition) is 1. The molecule has 1 aliphatic rings. The van der Waals surface area contributed by atoms with Crippen molar-refractivity contribution in [3.8, 4) is 17.3 Å². The molecule has 0 bridgehead atoms. The number of amides is 3. The number of halogens is 1. The van der Waals surface area contributed by atoms with Crippen molar-refractivity contribution in [1.29, 1.82) is 5.26 Å². The maximum Gasteiger partial charge on any atom is 0.273 e. The van der Waals surface area contributed by atoms with E-state index in [1.54, 1.807) is 29.1 Å². The Labute approximate surface area is 193 Å². The van der Waals surface area contributed by atoms with Crippen molar-refractivity contribution in [2.45, 2.75) is 38.9 Å². The predicted octanol–water partition coefficient (Wildman–Crippen LogP) is 2.53. The molecule has 1 saturated heterocycles. The van der Waals surface area contributed by atoms with Crippen LogP contribution in [-0.2, 0) is 22.7 Å². The van der Waals surface area contributed by atoms with Crippen LogP contribution in [-0.4, -0.2) is 43.6 Å². The summed E-state index contributed by atoms with van der Waals surface area (Å²) in [5, 5.41) is 20.4. The molecule has 0 spiro atoms. The summed E-state index contributed by atoms with van der Waals surface area (Å²) in [4.78, 5) is 37.0. The van der Waals surface area contributed by atoms with E-state index >= 15 is 0 Å². The molecule has 0 saturated carbocycles. The zero-order chi connectivity index (χ0) is 23.5. The average molecular weight is 467 g/mol. The molecule has 11 heteroatoms. The maximum absolute atomic E-state index is 12.5. The molecule has 3 heterocycles. The van der Waals surface area contributed by atoms with Crippen LogP contribution < -0.4 is 5.32 Å². The van der Waals surface area contributed by atoms with Crippen LogP contribution in [0.25, 0.3) is 11.3 Å². The highest BCUT2D eigenvalue weighted by atomic mass is 35.5. The molecule has 1 N–H and O–H groups in total. The van der Waals surface area contributed by atoms with E-state index in [4.69, 9.17) is 21.4 Å². The van der Waals surface area contributed by atoms with Crippen LogP contribution >= 0.6 is 11.6 Å². The smallest absolute Gasteiger partial charge is 0.273 e. The van der Waals surface area contributed by atoms with E-state index in [0.717, 1.165) is 10.5 Å². The van der Waals surface area contributed by atoms with E-state index in [2.05, 4.69) is 15.6 Å². The maximum atomic E-state index is 12.5. The number of aromatic nitrogens is 3. The standard InChI is InChI=1S/C22H19ClN6O4/c1-13(11-28-7-6-18(26-28)14-2-3-15(10-24)17(23)8-14)25-22(32)19-9-16(33-27-19)12-29-20(30)4-5-21(29)31/h2-3,6-9,13H,4-5,11-12H2,1H3,(H,25,32). The lowest BCUT2D eigenvalue weighted by atomic mass is 10.1. The number of likely N-dealkylation sites (tertiary alicyclic amines) is 1. The molecule has 3 aromatic rings. The molecule has 1 unspecified atom stereocenters. The minimum atomic E-state index is -0.442. The van der Waals surface area contributed by atoms with Gasteiger partial charge in [-0.3, -0.25) is 24.0 Å². The molecular weight excluding hydrogens is 448 g/mol. The monoisotopic (exact) mass is 466 g/mol. The number of nitriles is 1. The first-order valence-corrected chi connectivity index (χ1v) is 10.5. The van der Waals surface area contributed by atoms with Crippen LogP contribution in [0.15, 0.2) is 41.1 Å². The molecule has 33 heavy (non-hydrogen) atoms. The van der Waals surface area contributed by atoms with Gasteiger partial charge in [0.2, 0.25) is 11.8 Å². The zero-order valence-corrected chi connectivity index (χ0v) is 18.4. The third-order valence-corrected chi connectivity index (χ3v) is 5.44. The SMILES string of the molecule is CC(Cn1ccc(-c2ccc(C#N)c(Cl)c2)n1)NC(=O)c1cc(CN2C(=O)CCC2=O)on1. The predicted molar refractivity (Wildman–Crippen MR) is 116 cm³/mol. The second-order valence-corrected chi connectivity index (χ2v) is 8.06. The van der Waals surface area contributed by atoms with Crippen LogP contribution in [0.3, 0.4) is 0 Å². The summed E-state index contributed by atoms with van der Waals surface area (Å²) >= 11 is 6.10. The van der Waals surface area contributed by atoms with Gasteiger partial charge in [-0.1, -0.05) is 22.8 Å². The highest BCUT2D eigenvalue weighted by Gasteiger charge is 2.30. The number of carbonyl (C=O) groups is 3. The van der Waals surface area contributed by atoms with Crippen LogP contribution in [0.2, 0.25) is 5.02 Å². The fourth-order valence-electron chi connectivity index (χ4n) is 3.46. The molecule has 1 aliphatic heterocycles. The second-order valence-electron chi connectivity index (χ2n) is 7.66. The van der Waals surface area contributed by atoms with Gasteiger partial charge in [0.05, 0.1) is 29.4 Å². The summed E-state index contributed by atoms with van der Waals surface area (Å²) in [6.45, 7) is 2.18. The Balaban J connectivity index is 1.34. The number of benzene rings is 1. The number of imide groups is 1. The number of nitrogens with zero attached hydrogens (tertiary/aromatic N) is 5. The van der Waals surface area contributed by atoms with Gasteiger partial charge in [0, 0.05) is 36.7 Å². The van der Waals surface area contributed by atoms with Gasteiger partial charge in [0.1, 0.15) is 6.07 Å². The molecule has 3 amide bonds. The highest BCUT2D eigenvalue weighted by molar-refractivity contribution is 6.32. The summed E-state index contributed by atoms with van der Waals surface area (Å²) in [6.07, 6.45) is 2.15. The van der Waals surface area contributed by atoms with E-state index in [1.807, 2.05) is 19.1 Å². The summed E-state index contributed by atoms with van der Waals surface area (Å²) in [7, 11) is 0. The highest BCUT2D eigenvalue weighted by Crippen LogP contribution is 2.24. The molecule has 168 valence electrons. The fourth-order valence-corrected chi connectivity index (χ4v) is 3.68. The minimum Gasteiger partial charge on any atom is -0.359 e. The molecule has 0 radical (unpaired) electrons. The summed E-state index contributed by atoms with van der Waals surface area (Å²) in [5.74, 6) is -0.715. The molecular formula is C22H19ClN6O4. The number of nitrogens with one attached hydrogen (secondary N) is 1. The summed E-state index contributed by atoms with van der Waals surface area (Å²) in [6, 6.07) is 10.1. The lowest BCUT2D eigenvalue weighted by Gasteiger charge is -2.12. The average Bonchev–Trinajstić information content (AvgIpc) is 3.51. The van der Waals surface area contributed by atoms with E-state index in [9.17, 15) is 14.4 Å². The van der Waals surface area contributed by atoms with Gasteiger partial charge in [-0.15, -0.1) is 0 Å². The van der Waals surface area contributed by atoms with E-state index in [0.29, 0.717) is 22.8 Å². The molecule has 2 aromatic heterocycles. The topological polar surface area (TPSA) is 134 Å². The van der Waals surface area contributed by atoms with Crippen LogP contribution in [0.5, 0.6) is 0 Å². The number of carbonyl (C=O) groups excluding carboxylic acids is 3. The largest absolute Gasteiger partial charge is 0.359 e. The van der Waals surface area contributed by atoms with Crippen molar-refractivity contribution in [1.82, 2.24) is 25.2 Å². The Morgan fingerprint density at radius 1 is 1.27 bits per heavy atom. The molecule has 1 fully saturated rings. The number of hydrogen-bond acceptors (Lipinski definition) is 7. The molecule has 4 rings (SSSR count). The van der Waals surface area contributed by atoms with Crippen LogP contribution in [0, 0.1) is 11.3 Å². The molecule has 0 aliphatic carbocycles. The van der Waals surface area contributed by atoms with Crippen molar-refractivity contribution in [3.63, 3.8) is 0 Å². The van der Waals surface area contributed by atoms with Gasteiger partial charge in [-0.25, -0.2) is 0 Å². The Kier molecular flexibility index (Phi) is 6.24. The van der Waals surface area contributed by atoms with Crippen molar-refractivity contribution in [2.24, 2.45) is 0 Å². The van der Waals surface area contributed by atoms with E-state index in [1.165, 1.54) is 6.07 Å². The first-order valence-electron chi connectivity index (χ1n) is 10.2. The second kappa shape index (κ2) is 9.26. The Morgan fingerprint density at radius 2 is 2.03 bits per heavy atom. The minimum absolute atomic E-state index is 0.0388. The van der Waals surface area contributed by atoms with E-state index in [-0.39, 0.29) is 48.7 Å². The normalized spacial score (nSPS) is 14.4. The third-order valence-electron chi connectivity index (χ3n) is 5.12. The van der Waals surface area contributed by atoms with Crippen molar-refractivity contribution in [2.75, 3.05) is 0 Å². The fraction of sp³-hybridized carbons (Fsp3) is 0.273. The van der Waals surface area contributed by atoms with Gasteiger partial charge in [-0.2, -0.15) is 10.4 Å². The number of rotatable bonds is 7. The molecule has 1 atom stereocenters. The van der Waals surface area contributed by atoms with Crippen LogP contribution in [0.4, 0.5) is 0 Å². The lowest BCUT2D eigenvalue weighted by molar-refractivity contribution is -0.139. The van der Waals surface area contributed by atoms with Crippen molar-refractivity contribution >= 4 is 29.3 Å². The Bertz CT molecular complexity index is 1260.